The van der Waals surface area contributed by atoms with Crippen molar-refractivity contribution < 1.29 is 14.3 Å². The molecular weight excluding hydrogens is 290 g/mol. The molecule has 0 unspecified atom stereocenters. The Kier molecular flexibility index (Phi) is 3.98. The number of ether oxygens (including phenoxy) is 2. The number of cyclic esters (lactones) is 1. The predicted molar refractivity (Wildman–Crippen MR) is 89.5 cm³/mol. The third-order valence-electron chi connectivity index (χ3n) is 3.61. The standard InChI is InChI=1S/C19H17NO3/c1-12-5-4-6-15(9-12)18-20-16(19(21)23-18)11-14-7-8-17(22-3)13(2)10-14/h4-11H,1-3H3/b16-11+. The highest BCUT2D eigenvalue weighted by molar-refractivity contribution is 6.12. The Balaban J connectivity index is 1.93. The molecule has 4 heteroatoms. The Bertz CT molecular complexity index is 834. The van der Waals surface area contributed by atoms with Gasteiger partial charge in [-0.25, -0.2) is 9.79 Å². The summed E-state index contributed by atoms with van der Waals surface area (Å²) < 4.78 is 10.5. The zero-order chi connectivity index (χ0) is 16.4. The van der Waals surface area contributed by atoms with E-state index in [0.717, 1.165) is 28.0 Å². The van der Waals surface area contributed by atoms with Crippen molar-refractivity contribution in [1.29, 1.82) is 0 Å². The van der Waals surface area contributed by atoms with Crippen LogP contribution in [0.4, 0.5) is 0 Å². The van der Waals surface area contributed by atoms with Gasteiger partial charge in [-0.2, -0.15) is 0 Å². The zero-order valence-electron chi connectivity index (χ0n) is 13.3. The SMILES string of the molecule is COc1ccc(/C=C2/N=C(c3cccc(C)c3)OC2=O)cc1C. The van der Waals surface area contributed by atoms with E-state index in [4.69, 9.17) is 9.47 Å². The molecule has 0 saturated carbocycles. The highest BCUT2D eigenvalue weighted by Crippen LogP contribution is 2.23. The second kappa shape index (κ2) is 6.08. The normalized spacial score (nSPS) is 15.5. The van der Waals surface area contributed by atoms with Crippen LogP contribution in [0.3, 0.4) is 0 Å². The highest BCUT2D eigenvalue weighted by Gasteiger charge is 2.24. The molecule has 0 atom stereocenters. The molecule has 116 valence electrons. The lowest BCUT2D eigenvalue weighted by molar-refractivity contribution is -0.129. The quantitative estimate of drug-likeness (QED) is 0.642. The van der Waals surface area contributed by atoms with E-state index < -0.39 is 5.97 Å². The highest BCUT2D eigenvalue weighted by atomic mass is 16.6. The first-order valence-corrected chi connectivity index (χ1v) is 7.31. The van der Waals surface area contributed by atoms with Crippen molar-refractivity contribution in [2.24, 2.45) is 4.99 Å². The number of hydrogen-bond donors (Lipinski definition) is 0. The van der Waals surface area contributed by atoms with Gasteiger partial charge in [0.2, 0.25) is 5.90 Å². The molecule has 0 radical (unpaired) electrons. The number of esters is 1. The Morgan fingerprint density at radius 1 is 1.13 bits per heavy atom. The number of nitrogens with zero attached hydrogens (tertiary/aromatic N) is 1. The number of aliphatic imine (C=N–C) groups is 1. The van der Waals surface area contributed by atoms with Crippen molar-refractivity contribution in [3.8, 4) is 5.75 Å². The number of rotatable bonds is 3. The van der Waals surface area contributed by atoms with Gasteiger partial charge in [0, 0.05) is 5.56 Å². The molecule has 0 saturated heterocycles. The smallest absolute Gasteiger partial charge is 0.363 e. The van der Waals surface area contributed by atoms with Crippen molar-refractivity contribution in [2.45, 2.75) is 13.8 Å². The van der Waals surface area contributed by atoms with Crippen molar-refractivity contribution in [3.05, 3.63) is 70.4 Å². The summed E-state index contributed by atoms with van der Waals surface area (Å²) in [4.78, 5) is 16.3. The van der Waals surface area contributed by atoms with Crippen LogP contribution in [0.15, 0.2) is 53.2 Å². The molecule has 0 aliphatic carbocycles. The van der Waals surface area contributed by atoms with Gasteiger partial charge in [-0.05, 0) is 55.3 Å². The Morgan fingerprint density at radius 3 is 2.65 bits per heavy atom. The molecule has 4 nitrogen and oxygen atoms in total. The first-order chi connectivity index (χ1) is 11.1. The third kappa shape index (κ3) is 3.16. The van der Waals surface area contributed by atoms with E-state index in [-0.39, 0.29) is 0 Å². The summed E-state index contributed by atoms with van der Waals surface area (Å²) in [6.07, 6.45) is 1.72. The number of aryl methyl sites for hydroxylation is 2. The summed E-state index contributed by atoms with van der Waals surface area (Å²) in [7, 11) is 1.63. The molecule has 0 N–H and O–H groups in total. The van der Waals surface area contributed by atoms with Crippen LogP contribution < -0.4 is 4.74 Å². The minimum atomic E-state index is -0.435. The Labute approximate surface area is 135 Å². The maximum atomic E-state index is 12.0. The van der Waals surface area contributed by atoms with Crippen LogP contribution in [0.25, 0.3) is 6.08 Å². The van der Waals surface area contributed by atoms with Crippen LogP contribution >= 0.6 is 0 Å². The second-order valence-electron chi connectivity index (χ2n) is 5.43. The zero-order valence-corrected chi connectivity index (χ0v) is 13.3. The molecule has 0 amide bonds. The molecule has 1 aliphatic heterocycles. The van der Waals surface area contributed by atoms with E-state index in [9.17, 15) is 4.79 Å². The summed E-state index contributed by atoms with van der Waals surface area (Å²) in [6.45, 7) is 3.94. The molecule has 3 rings (SSSR count). The van der Waals surface area contributed by atoms with E-state index in [1.165, 1.54) is 0 Å². The van der Waals surface area contributed by atoms with Gasteiger partial charge < -0.3 is 9.47 Å². The largest absolute Gasteiger partial charge is 0.496 e. The fourth-order valence-corrected chi connectivity index (χ4v) is 2.46. The van der Waals surface area contributed by atoms with Crippen LogP contribution in [0.5, 0.6) is 5.75 Å². The lowest BCUT2D eigenvalue weighted by Crippen LogP contribution is -2.05. The van der Waals surface area contributed by atoms with Crippen LogP contribution in [0.2, 0.25) is 0 Å². The average molecular weight is 307 g/mol. The minimum absolute atomic E-state index is 0.297. The summed E-state index contributed by atoms with van der Waals surface area (Å²) >= 11 is 0. The maximum absolute atomic E-state index is 12.0. The molecule has 2 aromatic carbocycles. The van der Waals surface area contributed by atoms with Crippen LogP contribution in [-0.2, 0) is 9.53 Å². The Hall–Kier alpha value is -2.88. The molecule has 0 aromatic heterocycles. The fraction of sp³-hybridized carbons (Fsp3) is 0.158. The molecule has 0 bridgehead atoms. The summed E-state index contributed by atoms with van der Waals surface area (Å²) in [5.74, 6) is 0.718. The lowest BCUT2D eigenvalue weighted by Gasteiger charge is -2.04. The second-order valence-corrected chi connectivity index (χ2v) is 5.43. The van der Waals surface area contributed by atoms with Gasteiger partial charge in [0.15, 0.2) is 5.70 Å². The van der Waals surface area contributed by atoms with Crippen molar-refractivity contribution >= 4 is 17.9 Å². The predicted octanol–water partition coefficient (Wildman–Crippen LogP) is 3.66. The van der Waals surface area contributed by atoms with E-state index in [1.54, 1.807) is 13.2 Å². The molecule has 1 aliphatic rings. The van der Waals surface area contributed by atoms with Crippen LogP contribution in [-0.4, -0.2) is 19.0 Å². The number of benzene rings is 2. The maximum Gasteiger partial charge on any atom is 0.363 e. The minimum Gasteiger partial charge on any atom is -0.496 e. The average Bonchev–Trinajstić information content (AvgIpc) is 2.89. The van der Waals surface area contributed by atoms with E-state index in [0.29, 0.717) is 11.6 Å². The molecule has 23 heavy (non-hydrogen) atoms. The first kappa shape index (κ1) is 15.0. The lowest BCUT2D eigenvalue weighted by atomic mass is 10.1. The molecular formula is C19H17NO3. The fourth-order valence-electron chi connectivity index (χ4n) is 2.46. The summed E-state index contributed by atoms with van der Waals surface area (Å²) in [6, 6.07) is 13.4. The number of carbonyl (C=O) groups is 1. The van der Waals surface area contributed by atoms with E-state index in [2.05, 4.69) is 4.99 Å². The Morgan fingerprint density at radius 2 is 1.96 bits per heavy atom. The third-order valence-corrected chi connectivity index (χ3v) is 3.61. The van der Waals surface area contributed by atoms with Gasteiger partial charge in [-0.3, -0.25) is 0 Å². The monoisotopic (exact) mass is 307 g/mol. The van der Waals surface area contributed by atoms with Crippen LogP contribution in [0, 0.1) is 13.8 Å². The van der Waals surface area contributed by atoms with Gasteiger partial charge in [-0.1, -0.05) is 23.8 Å². The molecule has 0 spiro atoms. The number of carbonyl (C=O) groups excluding carboxylic acids is 1. The molecule has 1 heterocycles. The van der Waals surface area contributed by atoms with Gasteiger partial charge >= 0.3 is 5.97 Å². The summed E-state index contributed by atoms with van der Waals surface area (Å²) in [5.41, 5.74) is 4.06. The number of methoxy groups -OCH3 is 1. The van der Waals surface area contributed by atoms with Crippen molar-refractivity contribution in [2.75, 3.05) is 7.11 Å². The van der Waals surface area contributed by atoms with Crippen LogP contribution in [0.1, 0.15) is 22.3 Å². The first-order valence-electron chi connectivity index (χ1n) is 7.31. The van der Waals surface area contributed by atoms with E-state index in [1.807, 2.05) is 56.3 Å². The topological polar surface area (TPSA) is 47.9 Å². The van der Waals surface area contributed by atoms with Crippen molar-refractivity contribution in [1.82, 2.24) is 0 Å². The number of hydrogen-bond acceptors (Lipinski definition) is 4. The van der Waals surface area contributed by atoms with Gasteiger partial charge in [0.25, 0.3) is 0 Å². The van der Waals surface area contributed by atoms with E-state index >= 15 is 0 Å². The molecule has 2 aromatic rings. The van der Waals surface area contributed by atoms with Gasteiger partial charge in [0.1, 0.15) is 5.75 Å². The van der Waals surface area contributed by atoms with Gasteiger partial charge in [-0.15, -0.1) is 0 Å². The molecule has 0 fully saturated rings. The summed E-state index contributed by atoms with van der Waals surface area (Å²) in [5, 5.41) is 0. The van der Waals surface area contributed by atoms with Crippen molar-refractivity contribution in [3.63, 3.8) is 0 Å². The van der Waals surface area contributed by atoms with Gasteiger partial charge in [0.05, 0.1) is 7.11 Å².